The van der Waals surface area contributed by atoms with E-state index in [1.165, 1.54) is 18.4 Å². The van der Waals surface area contributed by atoms with Crippen molar-refractivity contribution >= 4 is 46.2 Å². The molecule has 6 heterocycles. The fourth-order valence-electron chi connectivity index (χ4n) is 8.07. The van der Waals surface area contributed by atoms with E-state index in [9.17, 15) is 9.59 Å². The van der Waals surface area contributed by atoms with Crippen molar-refractivity contribution < 1.29 is 19.6 Å². The Hall–Kier alpha value is -3.36. The summed E-state index contributed by atoms with van der Waals surface area (Å²) in [5, 5.41) is 26.1. The van der Waals surface area contributed by atoms with E-state index < -0.39 is 7.12 Å². The van der Waals surface area contributed by atoms with Gasteiger partial charge in [0.2, 0.25) is 11.8 Å². The van der Waals surface area contributed by atoms with E-state index in [1.807, 2.05) is 31.2 Å². The Bertz CT molecular complexity index is 2010. The van der Waals surface area contributed by atoms with Crippen molar-refractivity contribution in [2.24, 2.45) is 11.8 Å². The van der Waals surface area contributed by atoms with Crippen LogP contribution in [0.4, 0.5) is 0 Å². The quantitative estimate of drug-likeness (QED) is 0.156. The van der Waals surface area contributed by atoms with Crippen molar-refractivity contribution in [1.29, 1.82) is 0 Å². The molecule has 8 rings (SSSR count). The van der Waals surface area contributed by atoms with Gasteiger partial charge in [-0.25, -0.2) is 19.0 Å². The number of nitrogens with zero attached hydrogens (tertiary/aromatic N) is 8. The van der Waals surface area contributed by atoms with Gasteiger partial charge in [0.05, 0.1) is 29.0 Å². The van der Waals surface area contributed by atoms with E-state index in [1.54, 1.807) is 6.20 Å². The standard InChI is InChI=1S/C21H30N4O.C18H25BrN4O.C3H7BO2/c1-5-6-14-9-18(26)24(11-14)13-17-19(21(2,3)4)23-25-12-16(15-7-8-15)10-22-20(17)25;1-5-6-12-7-15(24)22(9-12)11-14-16(18(2,3)4)21-23-10-13(19)8-20-17(14)23;5-4(6)3-1-2-3/h10,12,14-15H,5-9,11,13H2,1-4H3;8,10,12H,5-7,9,11H2,1-4H3;3,5-6H,1-2H2. The highest BCUT2D eigenvalue weighted by Gasteiger charge is 2.35. The van der Waals surface area contributed by atoms with Crippen molar-refractivity contribution in [3.63, 3.8) is 0 Å². The maximum absolute atomic E-state index is 12.5. The topological polar surface area (TPSA) is 141 Å². The van der Waals surface area contributed by atoms with Gasteiger partial charge in [-0.15, -0.1) is 0 Å². The minimum Gasteiger partial charge on any atom is -0.427 e. The van der Waals surface area contributed by atoms with E-state index >= 15 is 0 Å². The number of fused-ring (bicyclic) bond motifs is 2. The van der Waals surface area contributed by atoms with Crippen LogP contribution < -0.4 is 0 Å². The molecule has 0 spiro atoms. The molecule has 4 fully saturated rings. The maximum atomic E-state index is 12.5. The second-order valence-electron chi connectivity index (χ2n) is 18.6. The van der Waals surface area contributed by atoms with Crippen LogP contribution in [0.15, 0.2) is 29.3 Å². The fraction of sp³-hybridized carbons (Fsp3) is 0.667. The van der Waals surface area contributed by atoms with Gasteiger partial charge >= 0.3 is 7.12 Å². The Labute approximate surface area is 341 Å². The number of likely N-dealkylation sites (tertiary alicyclic amines) is 2. The summed E-state index contributed by atoms with van der Waals surface area (Å²) in [6.45, 7) is 20.3. The third-order valence-corrected chi connectivity index (χ3v) is 11.7. The van der Waals surface area contributed by atoms with Crippen LogP contribution in [0.1, 0.15) is 154 Å². The lowest BCUT2D eigenvalue weighted by molar-refractivity contribution is -0.129. The number of halogens is 1. The summed E-state index contributed by atoms with van der Waals surface area (Å²) < 4.78 is 4.67. The molecular weight excluding hydrogens is 771 g/mol. The van der Waals surface area contributed by atoms with Gasteiger partial charge < -0.3 is 19.8 Å². The van der Waals surface area contributed by atoms with Crippen LogP contribution in [0.25, 0.3) is 11.3 Å². The molecule has 14 heteroatoms. The average Bonchev–Trinajstić information content (AvgIpc) is 4.03. The first kappa shape index (κ1) is 42.3. The van der Waals surface area contributed by atoms with Gasteiger partial charge in [0.1, 0.15) is 0 Å². The van der Waals surface area contributed by atoms with Gasteiger partial charge in [-0.05, 0) is 70.7 Å². The smallest absolute Gasteiger partial charge is 0.427 e. The van der Waals surface area contributed by atoms with Gasteiger partial charge in [-0.3, -0.25) is 9.59 Å². The fourth-order valence-corrected chi connectivity index (χ4v) is 8.37. The van der Waals surface area contributed by atoms with Gasteiger partial charge in [-0.1, -0.05) is 81.1 Å². The molecule has 12 nitrogen and oxygen atoms in total. The summed E-state index contributed by atoms with van der Waals surface area (Å²) in [6, 6.07) is 0. The number of carbonyl (C=O) groups is 2. The molecule has 0 radical (unpaired) electrons. The van der Waals surface area contributed by atoms with Crippen molar-refractivity contribution in [2.45, 2.75) is 155 Å². The zero-order valence-electron chi connectivity index (χ0n) is 34.8. The van der Waals surface area contributed by atoms with E-state index in [-0.39, 0.29) is 28.5 Å². The SMILES string of the molecule is CCCC1CC(=O)N(Cc2c(C(C)(C)C)nn3cc(Br)cnc23)C1.CCCC1CC(=O)N(Cc2c(C(C)(C)C)nn3cc(C4CC4)cnc23)C1.OB(O)C1CC1. The first-order valence-electron chi connectivity index (χ1n) is 20.8. The molecule has 2 amide bonds. The lowest BCUT2D eigenvalue weighted by Crippen LogP contribution is -2.26. The Morgan fingerprint density at radius 2 is 1.20 bits per heavy atom. The van der Waals surface area contributed by atoms with Crippen LogP contribution in [0, 0.1) is 11.8 Å². The highest BCUT2D eigenvalue weighted by atomic mass is 79.9. The molecule has 2 unspecified atom stereocenters. The summed E-state index contributed by atoms with van der Waals surface area (Å²) in [4.78, 5) is 38.2. The lowest BCUT2D eigenvalue weighted by atomic mass is 9.84. The predicted molar refractivity (Wildman–Crippen MR) is 223 cm³/mol. The zero-order chi connectivity index (χ0) is 40.5. The maximum Gasteiger partial charge on any atom is 0.454 e. The number of amides is 2. The summed E-state index contributed by atoms with van der Waals surface area (Å²) in [6.07, 6.45) is 18.3. The van der Waals surface area contributed by atoms with Crippen LogP contribution in [-0.2, 0) is 33.5 Å². The van der Waals surface area contributed by atoms with E-state index in [0.29, 0.717) is 43.7 Å². The van der Waals surface area contributed by atoms with Crippen LogP contribution in [0.3, 0.4) is 0 Å². The van der Waals surface area contributed by atoms with Gasteiger partial charge in [0, 0.05) is 72.7 Å². The average molecular weight is 834 g/mol. The first-order valence-corrected chi connectivity index (χ1v) is 21.6. The Kier molecular flexibility index (Phi) is 13.0. The number of hydrogen-bond acceptors (Lipinski definition) is 8. The molecule has 304 valence electrons. The predicted octanol–water partition coefficient (Wildman–Crippen LogP) is 7.61. The lowest BCUT2D eigenvalue weighted by Gasteiger charge is -2.21. The van der Waals surface area contributed by atoms with E-state index in [2.05, 4.69) is 82.5 Å². The van der Waals surface area contributed by atoms with Crippen LogP contribution in [0.2, 0.25) is 5.82 Å². The highest BCUT2D eigenvalue weighted by molar-refractivity contribution is 9.10. The first-order chi connectivity index (χ1) is 26.5. The number of aromatic nitrogens is 6. The number of carbonyl (C=O) groups excluding carboxylic acids is 2. The summed E-state index contributed by atoms with van der Waals surface area (Å²) in [7, 11) is -1.04. The van der Waals surface area contributed by atoms with Crippen molar-refractivity contribution in [3.8, 4) is 0 Å². The third-order valence-electron chi connectivity index (χ3n) is 11.3. The monoisotopic (exact) mass is 832 g/mol. The Balaban J connectivity index is 0.000000165. The molecule has 2 aliphatic heterocycles. The molecule has 2 saturated heterocycles. The molecule has 2 N–H and O–H groups in total. The van der Waals surface area contributed by atoms with Gasteiger partial charge in [0.25, 0.3) is 0 Å². The summed E-state index contributed by atoms with van der Waals surface area (Å²) in [5.74, 6) is 2.39. The van der Waals surface area contributed by atoms with Crippen molar-refractivity contribution in [2.75, 3.05) is 13.1 Å². The van der Waals surface area contributed by atoms with Crippen molar-refractivity contribution in [3.05, 3.63) is 57.3 Å². The molecule has 0 aromatic carbocycles. The summed E-state index contributed by atoms with van der Waals surface area (Å²) in [5.41, 5.74) is 7.12. The normalized spacial score (nSPS) is 20.1. The van der Waals surface area contributed by atoms with Gasteiger partial charge in [-0.2, -0.15) is 10.2 Å². The Morgan fingerprint density at radius 1 is 0.732 bits per heavy atom. The van der Waals surface area contributed by atoms with E-state index in [0.717, 1.165) is 89.9 Å². The largest absolute Gasteiger partial charge is 0.454 e. The van der Waals surface area contributed by atoms with Gasteiger partial charge in [0.15, 0.2) is 11.3 Å². The molecule has 4 aliphatic rings. The third kappa shape index (κ3) is 10.2. The second-order valence-corrected chi connectivity index (χ2v) is 19.6. The molecule has 56 heavy (non-hydrogen) atoms. The molecule has 2 saturated carbocycles. The van der Waals surface area contributed by atoms with Crippen molar-refractivity contribution in [1.82, 2.24) is 39.0 Å². The second kappa shape index (κ2) is 17.2. The highest BCUT2D eigenvalue weighted by Crippen LogP contribution is 2.40. The zero-order valence-corrected chi connectivity index (χ0v) is 36.3. The molecule has 0 bridgehead atoms. The van der Waals surface area contributed by atoms with Crippen LogP contribution in [0.5, 0.6) is 0 Å². The van der Waals surface area contributed by atoms with Crippen LogP contribution >= 0.6 is 15.9 Å². The summed E-state index contributed by atoms with van der Waals surface area (Å²) >= 11 is 3.45. The number of rotatable bonds is 10. The van der Waals surface area contributed by atoms with Crippen LogP contribution in [-0.4, -0.2) is 81.1 Å². The molecule has 4 aromatic rings. The molecular formula is C42H62BBrN8O4. The molecule has 2 atom stereocenters. The van der Waals surface area contributed by atoms with E-state index in [4.69, 9.17) is 25.2 Å². The molecule has 2 aliphatic carbocycles. The Morgan fingerprint density at radius 3 is 1.59 bits per heavy atom. The minimum atomic E-state index is -1.04. The molecule has 4 aromatic heterocycles. The minimum absolute atomic E-state index is 0.0750. The number of hydrogen-bond donors (Lipinski definition) is 2.